The van der Waals surface area contributed by atoms with Crippen molar-refractivity contribution < 1.29 is 9.13 Å². The summed E-state index contributed by atoms with van der Waals surface area (Å²) in [4.78, 5) is 4.54. The molecule has 108 valence electrons. The molecule has 0 saturated heterocycles. The second-order valence-corrected chi connectivity index (χ2v) is 5.03. The lowest BCUT2D eigenvalue weighted by atomic mass is 10.2. The van der Waals surface area contributed by atoms with Crippen molar-refractivity contribution in [2.75, 3.05) is 7.11 Å². The molecule has 0 fully saturated rings. The number of alkyl halides is 1. The molecular weight excluding hydrogens is 291 g/mol. The third-order valence-corrected chi connectivity index (χ3v) is 3.70. The van der Waals surface area contributed by atoms with Crippen LogP contribution >= 0.6 is 11.6 Å². The first-order valence-corrected chi connectivity index (χ1v) is 7.06. The Morgan fingerprint density at radius 1 is 1.29 bits per heavy atom. The van der Waals surface area contributed by atoms with Crippen LogP contribution in [0.2, 0.25) is 0 Å². The number of hydrogen-bond acceptors (Lipinski definition) is 2. The molecule has 1 aromatic heterocycles. The highest BCUT2D eigenvalue weighted by molar-refractivity contribution is 6.17. The molecule has 0 aliphatic rings. The molecule has 0 unspecified atom stereocenters. The average molecular weight is 305 g/mol. The minimum absolute atomic E-state index is 0.198. The molecule has 3 aromatic rings. The Bertz CT molecular complexity index is 813. The smallest absolute Gasteiger partial charge is 0.165 e. The normalized spacial score (nSPS) is 11.0. The van der Waals surface area contributed by atoms with E-state index in [1.165, 1.54) is 13.2 Å². The van der Waals surface area contributed by atoms with Crippen LogP contribution in [-0.2, 0) is 5.88 Å². The lowest BCUT2D eigenvalue weighted by Crippen LogP contribution is -2.01. The number of hydrogen-bond donors (Lipinski definition) is 0. The van der Waals surface area contributed by atoms with Crippen molar-refractivity contribution in [3.8, 4) is 11.4 Å². The molecule has 0 bridgehead atoms. The SMILES string of the molecule is COc1cc(-n2c(CCl)nc3cccc(C)c32)ccc1F. The highest BCUT2D eigenvalue weighted by atomic mass is 35.5. The predicted molar refractivity (Wildman–Crippen MR) is 81.9 cm³/mol. The number of ether oxygens (including phenoxy) is 1. The number of rotatable bonds is 3. The summed E-state index contributed by atoms with van der Waals surface area (Å²) in [7, 11) is 1.45. The fourth-order valence-corrected chi connectivity index (χ4v) is 2.68. The predicted octanol–water partition coefficient (Wildman–Crippen LogP) is 4.22. The third-order valence-electron chi connectivity index (χ3n) is 3.46. The first-order chi connectivity index (χ1) is 10.2. The molecule has 0 atom stereocenters. The van der Waals surface area contributed by atoms with E-state index in [2.05, 4.69) is 4.98 Å². The van der Waals surface area contributed by atoms with Gasteiger partial charge in [-0.1, -0.05) is 12.1 Å². The van der Waals surface area contributed by atoms with E-state index in [1.807, 2.05) is 29.7 Å². The zero-order chi connectivity index (χ0) is 15.0. The highest BCUT2D eigenvalue weighted by Crippen LogP contribution is 2.28. The maximum Gasteiger partial charge on any atom is 0.165 e. The second-order valence-electron chi connectivity index (χ2n) is 4.76. The van der Waals surface area contributed by atoms with Crippen LogP contribution in [0.25, 0.3) is 16.7 Å². The van der Waals surface area contributed by atoms with Gasteiger partial charge in [0.05, 0.1) is 29.7 Å². The van der Waals surface area contributed by atoms with E-state index in [1.54, 1.807) is 12.1 Å². The van der Waals surface area contributed by atoms with E-state index >= 15 is 0 Å². The van der Waals surface area contributed by atoms with Crippen molar-refractivity contribution in [3.05, 3.63) is 53.6 Å². The lowest BCUT2D eigenvalue weighted by Gasteiger charge is -2.11. The van der Waals surface area contributed by atoms with Gasteiger partial charge in [-0.3, -0.25) is 4.57 Å². The maximum atomic E-state index is 13.6. The fraction of sp³-hybridized carbons (Fsp3) is 0.188. The summed E-state index contributed by atoms with van der Waals surface area (Å²) in [6, 6.07) is 10.6. The standard InChI is InChI=1S/C16H14ClFN2O/c1-10-4-3-5-13-16(10)20(15(9-17)19-13)11-6-7-12(18)14(8-11)21-2/h3-8H,9H2,1-2H3. The van der Waals surface area contributed by atoms with E-state index in [4.69, 9.17) is 16.3 Å². The summed E-state index contributed by atoms with van der Waals surface area (Å²) in [5, 5.41) is 0. The number of imidazole rings is 1. The second kappa shape index (κ2) is 5.37. The number of aryl methyl sites for hydroxylation is 1. The lowest BCUT2D eigenvalue weighted by molar-refractivity contribution is 0.386. The van der Waals surface area contributed by atoms with Gasteiger partial charge >= 0.3 is 0 Å². The molecule has 0 radical (unpaired) electrons. The first-order valence-electron chi connectivity index (χ1n) is 6.52. The van der Waals surface area contributed by atoms with Gasteiger partial charge in [0.25, 0.3) is 0 Å². The molecule has 1 heterocycles. The zero-order valence-corrected chi connectivity index (χ0v) is 12.5. The van der Waals surface area contributed by atoms with Gasteiger partial charge in [0.15, 0.2) is 11.6 Å². The Labute approximate surface area is 126 Å². The minimum atomic E-state index is -0.394. The van der Waals surface area contributed by atoms with Crippen molar-refractivity contribution in [2.24, 2.45) is 0 Å². The first kappa shape index (κ1) is 13.9. The Morgan fingerprint density at radius 3 is 2.81 bits per heavy atom. The van der Waals surface area contributed by atoms with Crippen LogP contribution in [0.15, 0.2) is 36.4 Å². The van der Waals surface area contributed by atoms with Crippen molar-refractivity contribution in [1.29, 1.82) is 0 Å². The van der Waals surface area contributed by atoms with Crippen molar-refractivity contribution in [1.82, 2.24) is 9.55 Å². The van der Waals surface area contributed by atoms with Crippen LogP contribution in [0.3, 0.4) is 0 Å². The quantitative estimate of drug-likeness (QED) is 0.677. The van der Waals surface area contributed by atoms with Gasteiger partial charge in [-0.05, 0) is 30.7 Å². The highest BCUT2D eigenvalue weighted by Gasteiger charge is 2.15. The Kier molecular flexibility index (Phi) is 3.55. The number of aromatic nitrogens is 2. The molecule has 0 aliphatic heterocycles. The molecule has 0 amide bonds. The zero-order valence-electron chi connectivity index (χ0n) is 11.7. The third kappa shape index (κ3) is 2.25. The van der Waals surface area contributed by atoms with Crippen LogP contribution in [0.5, 0.6) is 5.75 Å². The Morgan fingerprint density at radius 2 is 2.10 bits per heavy atom. The number of fused-ring (bicyclic) bond motifs is 1. The monoisotopic (exact) mass is 304 g/mol. The average Bonchev–Trinajstić information content (AvgIpc) is 2.88. The molecule has 0 spiro atoms. The van der Waals surface area contributed by atoms with Gasteiger partial charge in [0.1, 0.15) is 5.82 Å². The van der Waals surface area contributed by atoms with Gasteiger partial charge in [-0.25, -0.2) is 9.37 Å². The summed E-state index contributed by atoms with van der Waals surface area (Å²) in [5.74, 6) is 0.793. The molecule has 5 heteroatoms. The molecule has 3 nitrogen and oxygen atoms in total. The maximum absolute atomic E-state index is 13.6. The summed E-state index contributed by atoms with van der Waals surface area (Å²) in [6.07, 6.45) is 0. The molecule has 21 heavy (non-hydrogen) atoms. The molecule has 0 N–H and O–H groups in total. The summed E-state index contributed by atoms with van der Waals surface area (Å²) < 4.78 is 20.6. The molecule has 0 saturated carbocycles. The number of nitrogens with zero attached hydrogens (tertiary/aromatic N) is 2. The summed E-state index contributed by atoms with van der Waals surface area (Å²) in [6.45, 7) is 2.01. The summed E-state index contributed by atoms with van der Waals surface area (Å²) in [5.41, 5.74) is 3.70. The summed E-state index contributed by atoms with van der Waals surface area (Å²) >= 11 is 6.02. The van der Waals surface area contributed by atoms with E-state index in [9.17, 15) is 4.39 Å². The number of benzene rings is 2. The van der Waals surface area contributed by atoms with Crippen molar-refractivity contribution in [2.45, 2.75) is 12.8 Å². The van der Waals surface area contributed by atoms with Gasteiger partial charge in [0, 0.05) is 6.07 Å². The fourth-order valence-electron chi connectivity index (χ4n) is 2.50. The number of para-hydroxylation sites is 1. The van der Waals surface area contributed by atoms with E-state index in [-0.39, 0.29) is 11.6 Å². The van der Waals surface area contributed by atoms with Crippen molar-refractivity contribution >= 4 is 22.6 Å². The Balaban J connectivity index is 2.33. The minimum Gasteiger partial charge on any atom is -0.494 e. The molecular formula is C16H14ClFN2O. The topological polar surface area (TPSA) is 27.1 Å². The van der Waals surface area contributed by atoms with E-state index < -0.39 is 5.82 Å². The van der Waals surface area contributed by atoms with Gasteiger partial charge in [-0.2, -0.15) is 0 Å². The van der Waals surface area contributed by atoms with Crippen LogP contribution in [-0.4, -0.2) is 16.7 Å². The Hall–Kier alpha value is -2.07. The van der Waals surface area contributed by atoms with E-state index in [0.717, 1.165) is 28.1 Å². The largest absolute Gasteiger partial charge is 0.494 e. The van der Waals surface area contributed by atoms with Crippen LogP contribution in [0.4, 0.5) is 4.39 Å². The molecule has 0 aliphatic carbocycles. The number of halogens is 2. The van der Waals surface area contributed by atoms with Crippen LogP contribution in [0.1, 0.15) is 11.4 Å². The van der Waals surface area contributed by atoms with Crippen LogP contribution < -0.4 is 4.74 Å². The van der Waals surface area contributed by atoms with Gasteiger partial charge in [-0.15, -0.1) is 11.6 Å². The van der Waals surface area contributed by atoms with Crippen LogP contribution in [0, 0.1) is 12.7 Å². The van der Waals surface area contributed by atoms with Crippen molar-refractivity contribution in [3.63, 3.8) is 0 Å². The number of methoxy groups -OCH3 is 1. The molecule has 2 aromatic carbocycles. The van der Waals surface area contributed by atoms with Gasteiger partial charge in [0.2, 0.25) is 0 Å². The molecule has 3 rings (SSSR count). The van der Waals surface area contributed by atoms with E-state index in [0.29, 0.717) is 0 Å². The van der Waals surface area contributed by atoms with Gasteiger partial charge < -0.3 is 4.74 Å².